The van der Waals surface area contributed by atoms with E-state index in [1.165, 1.54) is 12.8 Å². The van der Waals surface area contributed by atoms with E-state index in [0.29, 0.717) is 0 Å². The van der Waals surface area contributed by atoms with Gasteiger partial charge in [-0.2, -0.15) is 4.98 Å². The summed E-state index contributed by atoms with van der Waals surface area (Å²) >= 11 is 0. The molecule has 0 aliphatic carbocycles. The summed E-state index contributed by atoms with van der Waals surface area (Å²) in [5.74, 6) is 3.62. The molecule has 28 heavy (non-hydrogen) atoms. The smallest absolute Gasteiger partial charge is 0.227 e. The number of rotatable bonds is 4. The van der Waals surface area contributed by atoms with Crippen LogP contribution in [0.4, 0.5) is 17.5 Å². The summed E-state index contributed by atoms with van der Waals surface area (Å²) in [6.07, 6.45) is 2.56. The Balaban J connectivity index is 1.47. The first-order valence-corrected chi connectivity index (χ1v) is 10.4. The molecular weight excluding hydrogens is 350 g/mol. The second-order valence-corrected chi connectivity index (χ2v) is 8.01. The molecule has 1 aromatic heterocycles. The van der Waals surface area contributed by atoms with E-state index in [1.807, 2.05) is 12.1 Å². The number of aromatic nitrogens is 2. The van der Waals surface area contributed by atoms with Crippen molar-refractivity contribution in [2.24, 2.45) is 5.92 Å². The van der Waals surface area contributed by atoms with E-state index in [4.69, 9.17) is 14.7 Å². The first kappa shape index (κ1) is 18.8. The van der Waals surface area contributed by atoms with Crippen LogP contribution in [0, 0.1) is 12.8 Å². The van der Waals surface area contributed by atoms with Crippen molar-refractivity contribution in [2.75, 3.05) is 61.1 Å². The average molecular weight is 382 g/mol. The van der Waals surface area contributed by atoms with Gasteiger partial charge in [-0.1, -0.05) is 19.1 Å². The van der Waals surface area contributed by atoms with Crippen LogP contribution in [0.5, 0.6) is 5.75 Å². The Labute approximate surface area is 168 Å². The fourth-order valence-electron chi connectivity index (χ4n) is 4.28. The molecule has 2 saturated heterocycles. The lowest BCUT2D eigenvalue weighted by atomic mass is 10.0. The zero-order valence-corrected chi connectivity index (χ0v) is 17.3. The lowest BCUT2D eigenvalue weighted by molar-refractivity contribution is 0.413. The average Bonchev–Trinajstić information content (AvgIpc) is 2.73. The van der Waals surface area contributed by atoms with Crippen LogP contribution in [0.3, 0.4) is 0 Å². The minimum atomic E-state index is 0.733. The Morgan fingerprint density at radius 2 is 1.71 bits per heavy atom. The van der Waals surface area contributed by atoms with E-state index in [0.717, 1.165) is 74.1 Å². The Hall–Kier alpha value is -2.50. The van der Waals surface area contributed by atoms with E-state index in [2.05, 4.69) is 46.7 Å². The minimum absolute atomic E-state index is 0.733. The molecule has 0 saturated carbocycles. The topological polar surface area (TPSA) is 44.7 Å². The molecule has 1 atom stereocenters. The van der Waals surface area contributed by atoms with Crippen LogP contribution < -0.4 is 19.4 Å². The zero-order chi connectivity index (χ0) is 19.5. The fourth-order valence-corrected chi connectivity index (χ4v) is 4.28. The first-order chi connectivity index (χ1) is 13.6. The van der Waals surface area contributed by atoms with Crippen molar-refractivity contribution in [3.63, 3.8) is 0 Å². The Morgan fingerprint density at radius 1 is 0.964 bits per heavy atom. The maximum absolute atomic E-state index is 5.53. The van der Waals surface area contributed by atoms with Gasteiger partial charge in [0.1, 0.15) is 11.6 Å². The number of para-hydroxylation sites is 2. The number of benzene rings is 1. The largest absolute Gasteiger partial charge is 0.495 e. The normalized spacial score (nSPS) is 20.4. The van der Waals surface area contributed by atoms with E-state index in [9.17, 15) is 0 Å². The predicted molar refractivity (Wildman–Crippen MR) is 115 cm³/mol. The molecule has 150 valence electrons. The summed E-state index contributed by atoms with van der Waals surface area (Å²) in [5, 5.41) is 0. The quantitative estimate of drug-likeness (QED) is 0.809. The zero-order valence-electron chi connectivity index (χ0n) is 17.3. The molecule has 0 N–H and O–H groups in total. The van der Waals surface area contributed by atoms with Crippen LogP contribution in [-0.2, 0) is 0 Å². The van der Waals surface area contributed by atoms with Crippen molar-refractivity contribution in [2.45, 2.75) is 26.7 Å². The molecular formula is C22H31N5O. The SMILES string of the molecule is COc1ccccc1N1CCN(c2nc(C)cc(N3CCCC(C)C3)n2)CC1. The molecule has 0 bridgehead atoms. The number of hydrogen-bond acceptors (Lipinski definition) is 6. The van der Waals surface area contributed by atoms with Crippen LogP contribution in [0.25, 0.3) is 0 Å². The van der Waals surface area contributed by atoms with Crippen molar-refractivity contribution < 1.29 is 4.74 Å². The fraction of sp³-hybridized carbons (Fsp3) is 0.545. The summed E-state index contributed by atoms with van der Waals surface area (Å²) in [4.78, 5) is 16.8. The van der Waals surface area contributed by atoms with Gasteiger partial charge in [-0.3, -0.25) is 0 Å². The number of piperazine rings is 1. The van der Waals surface area contributed by atoms with Crippen molar-refractivity contribution in [3.05, 3.63) is 36.0 Å². The van der Waals surface area contributed by atoms with Gasteiger partial charge in [0.2, 0.25) is 5.95 Å². The van der Waals surface area contributed by atoms with Crippen LogP contribution in [0.1, 0.15) is 25.5 Å². The molecule has 1 aromatic carbocycles. The van der Waals surface area contributed by atoms with Crippen LogP contribution in [-0.4, -0.2) is 56.3 Å². The van der Waals surface area contributed by atoms with Gasteiger partial charge in [-0.15, -0.1) is 0 Å². The standard InChI is InChI=1S/C22H31N5O/c1-17-7-6-10-27(16-17)21-15-18(2)23-22(24-21)26-13-11-25(12-14-26)19-8-4-5-9-20(19)28-3/h4-5,8-9,15,17H,6-7,10-14,16H2,1-3H3. The maximum atomic E-state index is 5.53. The second-order valence-electron chi connectivity index (χ2n) is 8.01. The number of ether oxygens (including phenoxy) is 1. The third kappa shape index (κ3) is 4.01. The van der Waals surface area contributed by atoms with Gasteiger partial charge in [0.25, 0.3) is 0 Å². The van der Waals surface area contributed by atoms with Gasteiger partial charge in [-0.25, -0.2) is 4.98 Å². The molecule has 3 heterocycles. The molecule has 2 aliphatic heterocycles. The van der Waals surface area contributed by atoms with Crippen LogP contribution in [0.15, 0.2) is 30.3 Å². The molecule has 2 aliphatic rings. The summed E-state index contributed by atoms with van der Waals surface area (Å²) in [6.45, 7) is 10.3. The Bertz CT molecular complexity index is 803. The Kier molecular flexibility index (Phi) is 5.55. The number of anilines is 3. The minimum Gasteiger partial charge on any atom is -0.495 e. The van der Waals surface area contributed by atoms with Crippen molar-refractivity contribution in [1.82, 2.24) is 9.97 Å². The number of methoxy groups -OCH3 is 1. The highest BCUT2D eigenvalue weighted by molar-refractivity contribution is 5.59. The molecule has 0 amide bonds. The van der Waals surface area contributed by atoms with E-state index in [-0.39, 0.29) is 0 Å². The second kappa shape index (κ2) is 8.25. The summed E-state index contributed by atoms with van der Waals surface area (Å²) in [5.41, 5.74) is 2.21. The van der Waals surface area contributed by atoms with Gasteiger partial charge in [0, 0.05) is 51.0 Å². The van der Waals surface area contributed by atoms with Gasteiger partial charge in [0.15, 0.2) is 0 Å². The number of aryl methyl sites for hydroxylation is 1. The van der Waals surface area contributed by atoms with E-state index >= 15 is 0 Å². The molecule has 4 rings (SSSR count). The highest BCUT2D eigenvalue weighted by atomic mass is 16.5. The number of hydrogen-bond donors (Lipinski definition) is 0. The third-order valence-electron chi connectivity index (χ3n) is 5.80. The van der Waals surface area contributed by atoms with Gasteiger partial charge < -0.3 is 19.4 Å². The molecule has 2 fully saturated rings. The summed E-state index contributed by atoms with van der Waals surface area (Å²) in [6, 6.07) is 10.4. The van der Waals surface area contributed by atoms with E-state index < -0.39 is 0 Å². The van der Waals surface area contributed by atoms with Crippen molar-refractivity contribution >= 4 is 17.5 Å². The molecule has 1 unspecified atom stereocenters. The highest BCUT2D eigenvalue weighted by Gasteiger charge is 2.23. The Morgan fingerprint density at radius 3 is 2.46 bits per heavy atom. The lowest BCUT2D eigenvalue weighted by Gasteiger charge is -2.37. The first-order valence-electron chi connectivity index (χ1n) is 10.4. The maximum Gasteiger partial charge on any atom is 0.227 e. The van der Waals surface area contributed by atoms with Crippen molar-refractivity contribution in [1.29, 1.82) is 0 Å². The van der Waals surface area contributed by atoms with Gasteiger partial charge in [-0.05, 0) is 37.8 Å². The van der Waals surface area contributed by atoms with Gasteiger partial charge in [0.05, 0.1) is 12.8 Å². The van der Waals surface area contributed by atoms with Crippen molar-refractivity contribution in [3.8, 4) is 5.75 Å². The lowest BCUT2D eigenvalue weighted by Crippen LogP contribution is -2.47. The summed E-state index contributed by atoms with van der Waals surface area (Å²) in [7, 11) is 1.73. The van der Waals surface area contributed by atoms with Gasteiger partial charge >= 0.3 is 0 Å². The monoisotopic (exact) mass is 381 g/mol. The van der Waals surface area contributed by atoms with E-state index in [1.54, 1.807) is 7.11 Å². The molecule has 0 spiro atoms. The molecule has 0 radical (unpaired) electrons. The molecule has 2 aromatic rings. The number of nitrogens with zero attached hydrogens (tertiary/aromatic N) is 5. The number of piperidine rings is 1. The van der Waals surface area contributed by atoms with Crippen LogP contribution in [0.2, 0.25) is 0 Å². The summed E-state index contributed by atoms with van der Waals surface area (Å²) < 4.78 is 5.53. The van der Waals surface area contributed by atoms with Crippen LogP contribution >= 0.6 is 0 Å². The molecule has 6 nitrogen and oxygen atoms in total. The molecule has 6 heteroatoms. The third-order valence-corrected chi connectivity index (χ3v) is 5.80. The predicted octanol–water partition coefficient (Wildman–Crippen LogP) is 3.36. The highest BCUT2D eigenvalue weighted by Crippen LogP contribution is 2.29.